The Balaban J connectivity index is 2.99. The van der Waals surface area contributed by atoms with Crippen LogP contribution in [0.1, 0.15) is 12.5 Å². The van der Waals surface area contributed by atoms with Crippen LogP contribution in [0.4, 0.5) is 0 Å². The summed E-state index contributed by atoms with van der Waals surface area (Å²) < 4.78 is 6.27. The maximum Gasteiger partial charge on any atom is 0.113 e. The van der Waals surface area contributed by atoms with Crippen LogP contribution in [0, 0.1) is 0 Å². The van der Waals surface area contributed by atoms with Crippen molar-refractivity contribution < 1.29 is 9.84 Å². The van der Waals surface area contributed by atoms with Crippen LogP contribution in [0.5, 0.6) is 0 Å². The van der Waals surface area contributed by atoms with Gasteiger partial charge in [-0.05, 0) is 24.6 Å². The number of methoxy groups -OCH3 is 1. The first-order valence-corrected chi connectivity index (χ1v) is 4.84. The number of ether oxygens (including phenoxy) is 1. The van der Waals surface area contributed by atoms with Crippen molar-refractivity contribution in [1.82, 2.24) is 0 Å². The molecule has 0 fully saturated rings. The van der Waals surface area contributed by atoms with Gasteiger partial charge in [-0.25, -0.2) is 0 Å². The lowest BCUT2D eigenvalue weighted by Crippen LogP contribution is -2.28. The fourth-order valence-electron chi connectivity index (χ4n) is 1.08. The molecule has 0 heterocycles. The Bertz CT molecular complexity index is 265. The lowest BCUT2D eigenvalue weighted by atomic mass is 9.97. The molecule has 1 unspecified atom stereocenters. The minimum Gasteiger partial charge on any atom is -0.393 e. The molecule has 1 atom stereocenters. The van der Waals surface area contributed by atoms with E-state index in [1.54, 1.807) is 7.11 Å². The number of aliphatic hydroxyl groups excluding tert-OH is 1. The highest BCUT2D eigenvalue weighted by Crippen LogP contribution is 2.25. The van der Waals surface area contributed by atoms with Crippen LogP contribution in [-0.2, 0) is 10.3 Å². The zero-order chi connectivity index (χ0) is 9.90. The molecule has 0 aliphatic carbocycles. The van der Waals surface area contributed by atoms with Gasteiger partial charge in [-0.1, -0.05) is 28.1 Å². The third kappa shape index (κ3) is 2.30. The maximum atomic E-state index is 9.17. The molecule has 0 aliphatic rings. The fourth-order valence-corrected chi connectivity index (χ4v) is 1.34. The van der Waals surface area contributed by atoms with E-state index in [1.807, 2.05) is 31.2 Å². The molecule has 1 aromatic carbocycles. The van der Waals surface area contributed by atoms with Gasteiger partial charge in [0.2, 0.25) is 0 Å². The molecule has 0 aliphatic heterocycles. The molecule has 1 aromatic rings. The van der Waals surface area contributed by atoms with Crippen LogP contribution in [0.25, 0.3) is 0 Å². The highest BCUT2D eigenvalue weighted by molar-refractivity contribution is 9.10. The van der Waals surface area contributed by atoms with Gasteiger partial charge in [0.25, 0.3) is 0 Å². The molecule has 0 saturated carbocycles. The average Bonchev–Trinajstić information content (AvgIpc) is 2.18. The topological polar surface area (TPSA) is 29.5 Å². The van der Waals surface area contributed by atoms with E-state index < -0.39 is 5.60 Å². The Kier molecular flexibility index (Phi) is 3.47. The van der Waals surface area contributed by atoms with Gasteiger partial charge in [-0.2, -0.15) is 0 Å². The van der Waals surface area contributed by atoms with E-state index in [0.717, 1.165) is 10.0 Å². The SMILES string of the molecule is COC(C)(CO)c1ccc(Br)cc1. The molecule has 0 bridgehead atoms. The van der Waals surface area contributed by atoms with E-state index in [9.17, 15) is 5.11 Å². The van der Waals surface area contributed by atoms with Crippen molar-refractivity contribution in [2.24, 2.45) is 0 Å². The van der Waals surface area contributed by atoms with E-state index in [-0.39, 0.29) is 6.61 Å². The molecule has 0 aromatic heterocycles. The van der Waals surface area contributed by atoms with Crippen molar-refractivity contribution in [2.45, 2.75) is 12.5 Å². The third-order valence-electron chi connectivity index (χ3n) is 2.21. The minimum absolute atomic E-state index is 0.0227. The molecule has 0 saturated heterocycles. The lowest BCUT2D eigenvalue weighted by molar-refractivity contribution is -0.0422. The first-order chi connectivity index (χ1) is 6.12. The number of hydrogen-bond acceptors (Lipinski definition) is 2. The van der Waals surface area contributed by atoms with Crippen LogP contribution in [0.3, 0.4) is 0 Å². The average molecular weight is 245 g/mol. The number of benzene rings is 1. The molecular formula is C10H13BrO2. The van der Waals surface area contributed by atoms with Crippen LogP contribution in [-0.4, -0.2) is 18.8 Å². The van der Waals surface area contributed by atoms with Crippen molar-refractivity contribution >= 4 is 15.9 Å². The molecule has 72 valence electrons. The van der Waals surface area contributed by atoms with E-state index >= 15 is 0 Å². The van der Waals surface area contributed by atoms with Crippen LogP contribution >= 0.6 is 15.9 Å². The first-order valence-electron chi connectivity index (χ1n) is 4.04. The van der Waals surface area contributed by atoms with Gasteiger partial charge in [0, 0.05) is 11.6 Å². The zero-order valence-electron chi connectivity index (χ0n) is 7.75. The van der Waals surface area contributed by atoms with Gasteiger partial charge >= 0.3 is 0 Å². The molecule has 1 N–H and O–H groups in total. The van der Waals surface area contributed by atoms with Crippen LogP contribution in [0.2, 0.25) is 0 Å². The van der Waals surface area contributed by atoms with Crippen LogP contribution in [0.15, 0.2) is 28.7 Å². The quantitative estimate of drug-likeness (QED) is 0.885. The second kappa shape index (κ2) is 4.22. The number of hydrogen-bond donors (Lipinski definition) is 1. The Hall–Kier alpha value is -0.380. The number of rotatable bonds is 3. The van der Waals surface area contributed by atoms with Crippen molar-refractivity contribution in [1.29, 1.82) is 0 Å². The normalized spacial score (nSPS) is 15.4. The summed E-state index contributed by atoms with van der Waals surface area (Å²) in [7, 11) is 1.60. The summed E-state index contributed by atoms with van der Waals surface area (Å²) in [5.74, 6) is 0. The lowest BCUT2D eigenvalue weighted by Gasteiger charge is -2.26. The van der Waals surface area contributed by atoms with Crippen LogP contribution < -0.4 is 0 Å². The second-order valence-electron chi connectivity index (χ2n) is 3.10. The number of aliphatic hydroxyl groups is 1. The van der Waals surface area contributed by atoms with Crippen molar-refractivity contribution in [3.8, 4) is 0 Å². The minimum atomic E-state index is -0.597. The summed E-state index contributed by atoms with van der Waals surface area (Å²) in [5, 5.41) is 9.17. The summed E-state index contributed by atoms with van der Waals surface area (Å²) in [6.07, 6.45) is 0. The summed E-state index contributed by atoms with van der Waals surface area (Å²) in [6, 6.07) is 7.73. The van der Waals surface area contributed by atoms with Crippen molar-refractivity contribution in [3.05, 3.63) is 34.3 Å². The van der Waals surface area contributed by atoms with Gasteiger partial charge in [0.05, 0.1) is 6.61 Å². The molecule has 0 amide bonds. The molecule has 2 nitrogen and oxygen atoms in total. The van der Waals surface area contributed by atoms with Crippen molar-refractivity contribution in [2.75, 3.05) is 13.7 Å². The molecule has 3 heteroatoms. The molecular weight excluding hydrogens is 232 g/mol. The van der Waals surface area contributed by atoms with Crippen molar-refractivity contribution in [3.63, 3.8) is 0 Å². The maximum absolute atomic E-state index is 9.17. The predicted octanol–water partition coefficient (Wildman–Crippen LogP) is 2.30. The third-order valence-corrected chi connectivity index (χ3v) is 2.74. The van der Waals surface area contributed by atoms with E-state index in [2.05, 4.69) is 15.9 Å². The summed E-state index contributed by atoms with van der Waals surface area (Å²) in [5.41, 5.74) is 0.376. The molecule has 1 rings (SSSR count). The second-order valence-corrected chi connectivity index (χ2v) is 4.02. The molecule has 0 radical (unpaired) electrons. The monoisotopic (exact) mass is 244 g/mol. The van der Waals surface area contributed by atoms with Gasteiger partial charge in [-0.3, -0.25) is 0 Å². The zero-order valence-corrected chi connectivity index (χ0v) is 9.34. The van der Waals surface area contributed by atoms with Gasteiger partial charge < -0.3 is 9.84 Å². The fraction of sp³-hybridized carbons (Fsp3) is 0.400. The Morgan fingerprint density at radius 1 is 1.38 bits per heavy atom. The summed E-state index contributed by atoms with van der Waals surface area (Å²) in [4.78, 5) is 0. The van der Waals surface area contributed by atoms with Gasteiger partial charge in [0.1, 0.15) is 5.60 Å². The number of halogens is 1. The highest BCUT2D eigenvalue weighted by atomic mass is 79.9. The molecule has 0 spiro atoms. The van der Waals surface area contributed by atoms with E-state index in [4.69, 9.17) is 4.74 Å². The van der Waals surface area contributed by atoms with Gasteiger partial charge in [0.15, 0.2) is 0 Å². The summed E-state index contributed by atoms with van der Waals surface area (Å²) in [6.45, 7) is 1.83. The Morgan fingerprint density at radius 2 is 1.92 bits per heavy atom. The van der Waals surface area contributed by atoms with E-state index in [0.29, 0.717) is 0 Å². The largest absolute Gasteiger partial charge is 0.393 e. The van der Waals surface area contributed by atoms with E-state index in [1.165, 1.54) is 0 Å². The first kappa shape index (κ1) is 10.7. The molecule has 13 heavy (non-hydrogen) atoms. The standard InChI is InChI=1S/C10H13BrO2/c1-10(7-12,13-2)8-3-5-9(11)6-4-8/h3-6,12H,7H2,1-2H3. The summed E-state index contributed by atoms with van der Waals surface area (Å²) >= 11 is 3.35. The van der Waals surface area contributed by atoms with Gasteiger partial charge in [-0.15, -0.1) is 0 Å². The smallest absolute Gasteiger partial charge is 0.113 e. The predicted molar refractivity (Wildman–Crippen MR) is 55.6 cm³/mol. The highest BCUT2D eigenvalue weighted by Gasteiger charge is 2.24. The Morgan fingerprint density at radius 3 is 2.31 bits per heavy atom. The Labute approximate surface area is 86.7 Å².